The second-order valence-corrected chi connectivity index (χ2v) is 7.65. The second kappa shape index (κ2) is 8.56. The summed E-state index contributed by atoms with van der Waals surface area (Å²) < 4.78 is 5.76. The molecule has 25 heavy (non-hydrogen) atoms. The quantitative estimate of drug-likeness (QED) is 0.823. The number of carbonyl (C=O) groups is 1. The average Bonchev–Trinajstić information content (AvgIpc) is 2.98. The Bertz CT molecular complexity index is 576. The molecule has 2 N–H and O–H groups in total. The maximum Gasteiger partial charge on any atom is 0.319 e. The molecule has 0 spiro atoms. The van der Waals surface area contributed by atoms with Crippen LogP contribution in [0.2, 0.25) is 0 Å². The monoisotopic (exact) mass is 345 g/mol. The molecule has 0 aliphatic carbocycles. The fourth-order valence-corrected chi connectivity index (χ4v) is 3.83. The van der Waals surface area contributed by atoms with Crippen LogP contribution in [0.25, 0.3) is 0 Å². The van der Waals surface area contributed by atoms with Gasteiger partial charge in [0.25, 0.3) is 0 Å². The minimum Gasteiger partial charge on any atom is -0.494 e. The minimum absolute atomic E-state index is 0.114. The lowest BCUT2D eigenvalue weighted by Crippen LogP contribution is -2.47. The van der Waals surface area contributed by atoms with Gasteiger partial charge < -0.3 is 15.4 Å². The molecule has 5 nitrogen and oxygen atoms in total. The predicted molar refractivity (Wildman–Crippen MR) is 101 cm³/mol. The summed E-state index contributed by atoms with van der Waals surface area (Å²) in [6, 6.07) is 8.31. The first kappa shape index (κ1) is 18.1. The molecule has 2 atom stereocenters. The van der Waals surface area contributed by atoms with Crippen LogP contribution in [0, 0.1) is 5.92 Å². The molecular formula is C20H31N3O2. The number of ether oxygens (including phenoxy) is 1. The van der Waals surface area contributed by atoms with Crippen LogP contribution in [0.4, 0.5) is 10.5 Å². The van der Waals surface area contributed by atoms with Gasteiger partial charge in [0, 0.05) is 30.4 Å². The van der Waals surface area contributed by atoms with Crippen molar-refractivity contribution in [2.24, 2.45) is 5.92 Å². The maximum atomic E-state index is 12.4. The molecule has 5 heteroatoms. The number of carbonyl (C=O) groups excluding carboxylic acids is 1. The molecular weight excluding hydrogens is 314 g/mol. The molecule has 2 aliphatic heterocycles. The number of urea groups is 1. The van der Waals surface area contributed by atoms with Gasteiger partial charge >= 0.3 is 6.03 Å². The minimum atomic E-state index is -0.114. The Morgan fingerprint density at radius 2 is 2.16 bits per heavy atom. The first-order valence-electron chi connectivity index (χ1n) is 9.66. The highest BCUT2D eigenvalue weighted by molar-refractivity contribution is 5.89. The molecule has 0 aromatic heterocycles. The van der Waals surface area contributed by atoms with E-state index < -0.39 is 0 Å². The summed E-state index contributed by atoms with van der Waals surface area (Å²) in [6.45, 7) is 7.35. The van der Waals surface area contributed by atoms with E-state index in [1.165, 1.54) is 25.8 Å². The van der Waals surface area contributed by atoms with E-state index in [-0.39, 0.29) is 12.1 Å². The molecule has 2 heterocycles. The highest BCUT2D eigenvalue weighted by Gasteiger charge is 2.36. The molecule has 2 unspecified atom stereocenters. The van der Waals surface area contributed by atoms with Gasteiger partial charge in [0.2, 0.25) is 0 Å². The molecule has 1 aromatic rings. The Balaban J connectivity index is 1.49. The zero-order valence-corrected chi connectivity index (χ0v) is 15.5. The number of hydrogen-bond donors (Lipinski definition) is 2. The van der Waals surface area contributed by atoms with E-state index in [9.17, 15) is 4.79 Å². The molecule has 2 fully saturated rings. The molecule has 2 saturated heterocycles. The molecule has 0 saturated carbocycles. The number of nitrogens with zero attached hydrogens (tertiary/aromatic N) is 1. The molecule has 138 valence electrons. The van der Waals surface area contributed by atoms with Crippen LogP contribution in [0.3, 0.4) is 0 Å². The van der Waals surface area contributed by atoms with Crippen molar-refractivity contribution in [1.29, 1.82) is 0 Å². The fraction of sp³-hybridized carbons (Fsp3) is 0.650. The summed E-state index contributed by atoms with van der Waals surface area (Å²) in [6.07, 6.45) is 5.84. The summed E-state index contributed by atoms with van der Waals surface area (Å²) in [5.74, 6) is 1.43. The SMILES string of the molecule is CC(C)CCOc1cccc(NC(=O)NC2CCN3CCCCC23)c1. The Labute approximate surface area is 151 Å². The van der Waals surface area contributed by atoms with Gasteiger partial charge in [0.05, 0.1) is 6.61 Å². The smallest absolute Gasteiger partial charge is 0.319 e. The number of benzene rings is 1. The van der Waals surface area contributed by atoms with Gasteiger partial charge in [-0.15, -0.1) is 0 Å². The van der Waals surface area contributed by atoms with Crippen molar-refractivity contribution < 1.29 is 9.53 Å². The zero-order valence-electron chi connectivity index (χ0n) is 15.5. The molecule has 2 amide bonds. The van der Waals surface area contributed by atoms with E-state index >= 15 is 0 Å². The summed E-state index contributed by atoms with van der Waals surface area (Å²) in [7, 11) is 0. The van der Waals surface area contributed by atoms with Gasteiger partial charge in [0.1, 0.15) is 5.75 Å². The van der Waals surface area contributed by atoms with Crippen LogP contribution < -0.4 is 15.4 Å². The van der Waals surface area contributed by atoms with Crippen LogP contribution in [-0.2, 0) is 0 Å². The van der Waals surface area contributed by atoms with Crippen molar-refractivity contribution in [3.8, 4) is 5.75 Å². The van der Waals surface area contributed by atoms with Crippen LogP contribution in [0.15, 0.2) is 24.3 Å². The number of fused-ring (bicyclic) bond motifs is 1. The van der Waals surface area contributed by atoms with Crippen molar-refractivity contribution in [3.63, 3.8) is 0 Å². The predicted octanol–water partition coefficient (Wildman–Crippen LogP) is 3.86. The lowest BCUT2D eigenvalue weighted by molar-refractivity contribution is 0.180. The number of hydrogen-bond acceptors (Lipinski definition) is 3. The Kier molecular flexibility index (Phi) is 6.19. The number of piperidine rings is 1. The van der Waals surface area contributed by atoms with Gasteiger partial charge in [0.15, 0.2) is 0 Å². The van der Waals surface area contributed by atoms with E-state index in [1.807, 2.05) is 24.3 Å². The number of amides is 2. The molecule has 0 bridgehead atoms. The van der Waals surface area contributed by atoms with Crippen LogP contribution in [0.5, 0.6) is 5.75 Å². The van der Waals surface area contributed by atoms with Gasteiger partial charge in [-0.25, -0.2) is 4.79 Å². The number of nitrogens with one attached hydrogen (secondary N) is 2. The third-order valence-corrected chi connectivity index (χ3v) is 5.23. The fourth-order valence-electron chi connectivity index (χ4n) is 3.83. The van der Waals surface area contributed by atoms with Crippen molar-refractivity contribution in [2.45, 2.75) is 58.0 Å². The number of rotatable bonds is 6. The average molecular weight is 345 g/mol. The van der Waals surface area contributed by atoms with Crippen molar-refractivity contribution in [2.75, 3.05) is 25.0 Å². The van der Waals surface area contributed by atoms with Crippen molar-refractivity contribution in [1.82, 2.24) is 10.2 Å². The normalized spacial score (nSPS) is 23.3. The standard InChI is InChI=1S/C20H31N3O2/c1-15(2)10-13-25-17-7-5-6-16(14-17)21-20(24)22-18-9-12-23-11-4-3-8-19(18)23/h5-7,14-15,18-19H,3-4,8-13H2,1-2H3,(H2,21,22,24). The summed E-state index contributed by atoms with van der Waals surface area (Å²) in [4.78, 5) is 14.9. The largest absolute Gasteiger partial charge is 0.494 e. The first-order chi connectivity index (χ1) is 12.1. The topological polar surface area (TPSA) is 53.6 Å². The van der Waals surface area contributed by atoms with Crippen LogP contribution >= 0.6 is 0 Å². The molecule has 0 radical (unpaired) electrons. The van der Waals surface area contributed by atoms with Crippen molar-refractivity contribution in [3.05, 3.63) is 24.3 Å². The highest BCUT2D eigenvalue weighted by atomic mass is 16.5. The van der Waals surface area contributed by atoms with E-state index in [2.05, 4.69) is 29.4 Å². The summed E-state index contributed by atoms with van der Waals surface area (Å²) >= 11 is 0. The number of anilines is 1. The van der Waals surface area contributed by atoms with E-state index in [4.69, 9.17) is 4.74 Å². The van der Waals surface area contributed by atoms with Gasteiger partial charge in [-0.05, 0) is 50.3 Å². The third-order valence-electron chi connectivity index (χ3n) is 5.23. The first-order valence-corrected chi connectivity index (χ1v) is 9.66. The van der Waals surface area contributed by atoms with Crippen LogP contribution in [0.1, 0.15) is 46.0 Å². The molecule has 3 rings (SSSR count). The van der Waals surface area contributed by atoms with Gasteiger partial charge in [-0.3, -0.25) is 4.90 Å². The van der Waals surface area contributed by atoms with Gasteiger partial charge in [-0.1, -0.05) is 26.3 Å². The van der Waals surface area contributed by atoms with Gasteiger partial charge in [-0.2, -0.15) is 0 Å². The van der Waals surface area contributed by atoms with E-state index in [0.717, 1.165) is 30.8 Å². The van der Waals surface area contributed by atoms with Crippen LogP contribution in [-0.4, -0.2) is 42.7 Å². The van der Waals surface area contributed by atoms with E-state index in [1.54, 1.807) is 0 Å². The van der Waals surface area contributed by atoms with Crippen molar-refractivity contribution >= 4 is 11.7 Å². The third kappa shape index (κ3) is 5.11. The lowest BCUT2D eigenvalue weighted by Gasteiger charge is -2.32. The van der Waals surface area contributed by atoms with E-state index in [0.29, 0.717) is 18.6 Å². The lowest BCUT2D eigenvalue weighted by atomic mass is 9.99. The zero-order chi connectivity index (χ0) is 17.6. The second-order valence-electron chi connectivity index (χ2n) is 7.65. The Hall–Kier alpha value is -1.75. The summed E-state index contributed by atoms with van der Waals surface area (Å²) in [5, 5.41) is 6.13. The highest BCUT2D eigenvalue weighted by Crippen LogP contribution is 2.27. The molecule has 1 aromatic carbocycles. The summed E-state index contributed by atoms with van der Waals surface area (Å²) in [5.41, 5.74) is 0.776. The Morgan fingerprint density at radius 3 is 3.00 bits per heavy atom. The molecule has 2 aliphatic rings. The Morgan fingerprint density at radius 1 is 1.28 bits per heavy atom. The maximum absolute atomic E-state index is 12.4.